The van der Waals surface area contributed by atoms with Crippen LogP contribution in [0.3, 0.4) is 0 Å². The number of azide groups is 1. The highest BCUT2D eigenvalue weighted by Crippen LogP contribution is 2.24. The maximum Gasteiger partial charge on any atom is 0.328 e. The number of amides is 1. The quantitative estimate of drug-likeness (QED) is 0.0537. The smallest absolute Gasteiger partial charge is 0.328 e. The molecule has 0 aliphatic carbocycles. The lowest BCUT2D eigenvalue weighted by molar-refractivity contribution is -0.387. The van der Waals surface area contributed by atoms with Crippen molar-refractivity contribution in [2.45, 2.75) is 37.2 Å². The first-order valence-corrected chi connectivity index (χ1v) is 12.7. The summed E-state index contributed by atoms with van der Waals surface area (Å²) in [4.78, 5) is 37.1. The Kier molecular flexibility index (Phi) is 11.0. The average molecular weight is 550 g/mol. The van der Waals surface area contributed by atoms with Crippen LogP contribution in [-0.2, 0) is 35.0 Å². The summed E-state index contributed by atoms with van der Waals surface area (Å²) in [5.41, 5.74) is 8.75. The Morgan fingerprint density at radius 2 is 1.79 bits per heavy atom. The number of hydrogen-bond acceptors (Lipinski definition) is 10. The molecule has 0 radical (unpaired) electrons. The van der Waals surface area contributed by atoms with Gasteiger partial charge in [-0.2, -0.15) is 8.42 Å². The fourth-order valence-corrected chi connectivity index (χ4v) is 4.34. The molecule has 0 aliphatic heterocycles. The van der Waals surface area contributed by atoms with Gasteiger partial charge in [0.1, 0.15) is 31.0 Å². The van der Waals surface area contributed by atoms with E-state index in [0.717, 1.165) is 12.1 Å². The number of benzene rings is 2. The molecule has 0 heterocycles. The molecule has 1 N–H and O–H groups in total. The van der Waals surface area contributed by atoms with E-state index in [1.54, 1.807) is 38.1 Å². The molecule has 38 heavy (non-hydrogen) atoms. The number of nitrogens with one attached hydrogen (secondary N) is 1. The number of rotatable bonds is 14. The fourth-order valence-electron chi connectivity index (χ4n) is 3.28. The summed E-state index contributed by atoms with van der Waals surface area (Å²) >= 11 is 0. The summed E-state index contributed by atoms with van der Waals surface area (Å²) in [6.07, 6.45) is 0.0803. The van der Waals surface area contributed by atoms with Crippen molar-refractivity contribution in [2.24, 2.45) is 11.0 Å². The Balaban J connectivity index is 1.97. The van der Waals surface area contributed by atoms with E-state index in [1.165, 1.54) is 19.2 Å². The van der Waals surface area contributed by atoms with Gasteiger partial charge >= 0.3 is 16.1 Å². The van der Waals surface area contributed by atoms with Gasteiger partial charge in [0.05, 0.1) is 12.0 Å². The number of esters is 1. The zero-order valence-electron chi connectivity index (χ0n) is 20.8. The van der Waals surface area contributed by atoms with Gasteiger partial charge in [-0.25, -0.2) is 4.79 Å². The SMILES string of the molecule is COC(=O)C(Cc1ccc(OCCOS(=O)(=O)c2ccccc2[N+](=O)[O-])cc1)NC(=O)C(N=[N+]=[N-])C(C)C. The summed E-state index contributed by atoms with van der Waals surface area (Å²) < 4.78 is 39.7. The van der Waals surface area contributed by atoms with E-state index < -0.39 is 56.2 Å². The minimum absolute atomic E-state index is 0.0803. The first kappa shape index (κ1) is 30.0. The number of carbonyl (C=O) groups is 2. The minimum Gasteiger partial charge on any atom is -0.491 e. The van der Waals surface area contributed by atoms with Crippen molar-refractivity contribution in [2.75, 3.05) is 20.3 Å². The number of nitro benzene ring substituents is 1. The molecule has 1 amide bonds. The lowest BCUT2D eigenvalue weighted by atomic mass is 10.0. The second-order valence-electron chi connectivity index (χ2n) is 8.18. The average Bonchev–Trinajstić information content (AvgIpc) is 2.89. The summed E-state index contributed by atoms with van der Waals surface area (Å²) in [7, 11) is -3.19. The number of carbonyl (C=O) groups excluding carboxylic acids is 2. The van der Waals surface area contributed by atoms with Gasteiger partial charge in [0.15, 0.2) is 4.90 Å². The van der Waals surface area contributed by atoms with Gasteiger partial charge in [-0.1, -0.05) is 43.2 Å². The van der Waals surface area contributed by atoms with Crippen LogP contribution in [0.5, 0.6) is 5.75 Å². The van der Waals surface area contributed by atoms with Crippen LogP contribution in [0.15, 0.2) is 58.5 Å². The molecule has 0 spiro atoms. The van der Waals surface area contributed by atoms with Gasteiger partial charge in [0.2, 0.25) is 5.91 Å². The van der Waals surface area contributed by atoms with E-state index in [4.69, 9.17) is 19.2 Å². The van der Waals surface area contributed by atoms with Crippen molar-refractivity contribution >= 4 is 27.7 Å². The van der Waals surface area contributed by atoms with Crippen molar-refractivity contribution in [3.8, 4) is 5.75 Å². The number of nitro groups is 1. The molecule has 0 bridgehead atoms. The molecule has 0 saturated heterocycles. The molecular formula is C23H27N5O9S. The molecule has 2 rings (SSSR count). The zero-order chi connectivity index (χ0) is 28.3. The predicted molar refractivity (Wildman–Crippen MR) is 134 cm³/mol. The molecule has 2 atom stereocenters. The minimum atomic E-state index is -4.37. The van der Waals surface area contributed by atoms with E-state index >= 15 is 0 Å². The maximum absolute atomic E-state index is 12.5. The molecule has 14 nitrogen and oxygen atoms in total. The van der Waals surface area contributed by atoms with Crippen LogP contribution in [0.25, 0.3) is 10.4 Å². The number of methoxy groups -OCH3 is 1. The van der Waals surface area contributed by atoms with Crippen LogP contribution in [-0.4, -0.2) is 57.6 Å². The van der Waals surface area contributed by atoms with Crippen molar-refractivity contribution in [3.05, 3.63) is 74.7 Å². The Bertz CT molecular complexity index is 1290. The van der Waals surface area contributed by atoms with Crippen LogP contribution in [0.1, 0.15) is 19.4 Å². The topological polar surface area (TPSA) is 200 Å². The van der Waals surface area contributed by atoms with Crippen molar-refractivity contribution in [3.63, 3.8) is 0 Å². The third-order valence-corrected chi connectivity index (χ3v) is 6.52. The maximum atomic E-state index is 12.5. The Morgan fingerprint density at radius 3 is 2.37 bits per heavy atom. The third-order valence-electron chi connectivity index (χ3n) is 5.16. The van der Waals surface area contributed by atoms with Crippen LogP contribution < -0.4 is 10.1 Å². The molecule has 0 fully saturated rings. The van der Waals surface area contributed by atoms with E-state index in [2.05, 4.69) is 15.3 Å². The van der Waals surface area contributed by atoms with Gasteiger partial charge in [-0.05, 0) is 35.2 Å². The van der Waals surface area contributed by atoms with E-state index in [-0.39, 0.29) is 18.9 Å². The summed E-state index contributed by atoms with van der Waals surface area (Å²) in [6.45, 7) is 2.85. The Morgan fingerprint density at radius 1 is 1.13 bits per heavy atom. The van der Waals surface area contributed by atoms with Crippen molar-refractivity contribution in [1.82, 2.24) is 5.32 Å². The van der Waals surface area contributed by atoms with E-state index in [0.29, 0.717) is 11.3 Å². The zero-order valence-corrected chi connectivity index (χ0v) is 21.7. The normalized spacial score (nSPS) is 12.6. The van der Waals surface area contributed by atoms with Gasteiger partial charge in [-0.15, -0.1) is 0 Å². The standard InChI is InChI=1S/C23H27N5O9S/c1-15(2)21(26-27-24)22(29)25-18(23(30)35-3)14-16-8-10-17(11-9-16)36-12-13-37-38(33,34)20-7-5-4-6-19(20)28(31)32/h4-11,15,18,21H,12-14H2,1-3H3,(H,25,29). The van der Waals surface area contributed by atoms with Crippen LogP contribution >= 0.6 is 0 Å². The predicted octanol–water partition coefficient (Wildman–Crippen LogP) is 2.91. The monoisotopic (exact) mass is 549 g/mol. The molecule has 15 heteroatoms. The van der Waals surface area contributed by atoms with E-state index in [1.807, 2.05) is 0 Å². The summed E-state index contributed by atoms with van der Waals surface area (Å²) in [5, 5.41) is 17.1. The van der Waals surface area contributed by atoms with Crippen molar-refractivity contribution in [1.29, 1.82) is 0 Å². The van der Waals surface area contributed by atoms with Gasteiger partial charge in [-0.3, -0.25) is 19.1 Å². The number of para-hydroxylation sites is 1. The molecule has 0 saturated carbocycles. The summed E-state index contributed by atoms with van der Waals surface area (Å²) in [5.74, 6) is -1.21. The van der Waals surface area contributed by atoms with Crippen LogP contribution in [0.4, 0.5) is 5.69 Å². The highest BCUT2D eigenvalue weighted by atomic mass is 32.2. The second-order valence-corrected chi connectivity index (χ2v) is 9.76. The van der Waals surface area contributed by atoms with Crippen LogP contribution in [0.2, 0.25) is 0 Å². The lowest BCUT2D eigenvalue weighted by Gasteiger charge is -2.21. The fraction of sp³-hybridized carbons (Fsp3) is 0.391. The first-order chi connectivity index (χ1) is 18.0. The lowest BCUT2D eigenvalue weighted by Crippen LogP contribution is -2.47. The number of ether oxygens (including phenoxy) is 2. The number of nitrogens with zero attached hydrogens (tertiary/aromatic N) is 4. The third kappa shape index (κ3) is 8.44. The van der Waals surface area contributed by atoms with Crippen LogP contribution in [0, 0.1) is 16.0 Å². The first-order valence-electron chi connectivity index (χ1n) is 11.3. The molecule has 0 aromatic heterocycles. The molecule has 204 valence electrons. The molecule has 2 unspecified atom stereocenters. The second kappa shape index (κ2) is 13.9. The van der Waals surface area contributed by atoms with Gasteiger partial charge in [0, 0.05) is 17.4 Å². The molecule has 2 aromatic carbocycles. The van der Waals surface area contributed by atoms with Gasteiger partial charge < -0.3 is 14.8 Å². The Labute approximate surface area is 218 Å². The van der Waals surface area contributed by atoms with Gasteiger partial charge in [0.25, 0.3) is 5.69 Å². The van der Waals surface area contributed by atoms with E-state index in [9.17, 15) is 28.1 Å². The molecule has 0 aliphatic rings. The highest BCUT2D eigenvalue weighted by Gasteiger charge is 2.28. The Hall–Kier alpha value is -4.20. The summed E-state index contributed by atoms with van der Waals surface area (Å²) in [6, 6.07) is 9.21. The molecular weight excluding hydrogens is 522 g/mol. The number of hydrogen-bond donors (Lipinski definition) is 1. The molecule has 2 aromatic rings. The van der Waals surface area contributed by atoms with Crippen molar-refractivity contribution < 1.29 is 36.6 Å². The highest BCUT2D eigenvalue weighted by molar-refractivity contribution is 7.87. The largest absolute Gasteiger partial charge is 0.491 e.